The van der Waals surface area contributed by atoms with Crippen molar-refractivity contribution in [2.24, 2.45) is 0 Å². The van der Waals surface area contributed by atoms with Crippen LogP contribution in [0.2, 0.25) is 0 Å². The number of nitrogens with one attached hydrogen (secondary N) is 1. The van der Waals surface area contributed by atoms with Gasteiger partial charge in [-0.1, -0.05) is 28.1 Å². The second-order valence-electron chi connectivity index (χ2n) is 3.55. The first-order valence-electron chi connectivity index (χ1n) is 5.24. The highest BCUT2D eigenvalue weighted by Gasteiger charge is 2.04. The number of halogens is 1. The Morgan fingerprint density at radius 3 is 3.12 bits per heavy atom. The Morgan fingerprint density at radius 2 is 2.35 bits per heavy atom. The molecule has 0 radical (unpaired) electrons. The number of ether oxygens (including phenoxy) is 1. The molecule has 17 heavy (non-hydrogen) atoms. The van der Waals surface area contributed by atoms with Crippen LogP contribution in [0.5, 0.6) is 6.08 Å². The van der Waals surface area contributed by atoms with Gasteiger partial charge in [-0.3, -0.25) is 0 Å². The van der Waals surface area contributed by atoms with Crippen molar-refractivity contribution in [2.45, 2.75) is 13.2 Å². The second-order valence-corrected chi connectivity index (χ2v) is 4.47. The van der Waals surface area contributed by atoms with Gasteiger partial charge in [0.1, 0.15) is 12.9 Å². The zero-order chi connectivity index (χ0) is 12.1. The molecule has 0 atom stereocenters. The van der Waals surface area contributed by atoms with Crippen molar-refractivity contribution in [3.8, 4) is 6.08 Å². The average molecular weight is 297 g/mol. The smallest absolute Gasteiger partial charge is 0.394 e. The third-order valence-corrected chi connectivity index (χ3v) is 2.63. The maximum absolute atomic E-state index is 5.45. The van der Waals surface area contributed by atoms with E-state index in [0.29, 0.717) is 19.2 Å². The predicted octanol–water partition coefficient (Wildman–Crippen LogP) is 2.74. The van der Waals surface area contributed by atoms with Crippen LogP contribution < -0.4 is 10.1 Å². The summed E-state index contributed by atoms with van der Waals surface area (Å²) in [5.41, 5.74) is 1.89. The molecule has 2 rings (SSSR count). The molecule has 0 aliphatic carbocycles. The zero-order valence-corrected chi connectivity index (χ0v) is 11.0. The topological polar surface area (TPSA) is 47.3 Å². The monoisotopic (exact) mass is 296 g/mol. The summed E-state index contributed by atoms with van der Waals surface area (Å²) < 4.78 is 11.7. The van der Waals surface area contributed by atoms with Gasteiger partial charge < -0.3 is 14.5 Å². The quantitative estimate of drug-likeness (QED) is 0.922. The van der Waals surface area contributed by atoms with Gasteiger partial charge in [0.15, 0.2) is 0 Å². The minimum Gasteiger partial charge on any atom is -0.445 e. The lowest BCUT2D eigenvalue weighted by molar-refractivity contribution is 0.220. The standard InChI is InChI=1S/C12H13BrN2O2/c1-14-6-11-8-17-12(15-11)16-7-9-3-2-4-10(13)5-9/h2-5,8,14H,6-7H2,1H3. The van der Waals surface area contributed by atoms with E-state index in [1.54, 1.807) is 6.26 Å². The summed E-state index contributed by atoms with van der Waals surface area (Å²) in [6.45, 7) is 1.11. The van der Waals surface area contributed by atoms with Gasteiger partial charge in [0.05, 0.1) is 5.69 Å². The Balaban J connectivity index is 1.93. The highest BCUT2D eigenvalue weighted by atomic mass is 79.9. The van der Waals surface area contributed by atoms with Crippen LogP contribution >= 0.6 is 15.9 Å². The molecule has 1 aromatic carbocycles. The summed E-state index contributed by atoms with van der Waals surface area (Å²) >= 11 is 3.41. The first kappa shape index (κ1) is 12.1. The van der Waals surface area contributed by atoms with E-state index in [-0.39, 0.29) is 0 Å². The van der Waals surface area contributed by atoms with Crippen molar-refractivity contribution in [2.75, 3.05) is 7.05 Å². The molecule has 0 fully saturated rings. The van der Waals surface area contributed by atoms with Gasteiger partial charge in [-0.2, -0.15) is 4.98 Å². The second kappa shape index (κ2) is 5.84. The largest absolute Gasteiger partial charge is 0.445 e. The SMILES string of the molecule is CNCc1coc(OCc2cccc(Br)c2)n1. The minimum absolute atomic E-state index is 0.301. The van der Waals surface area contributed by atoms with Crippen LogP contribution in [-0.4, -0.2) is 12.0 Å². The maximum Gasteiger partial charge on any atom is 0.394 e. The van der Waals surface area contributed by atoms with Gasteiger partial charge in [0.25, 0.3) is 0 Å². The zero-order valence-electron chi connectivity index (χ0n) is 9.44. The van der Waals surface area contributed by atoms with Crippen LogP contribution in [-0.2, 0) is 13.2 Å². The van der Waals surface area contributed by atoms with E-state index in [1.165, 1.54) is 0 Å². The van der Waals surface area contributed by atoms with Crippen molar-refractivity contribution in [3.05, 3.63) is 46.3 Å². The predicted molar refractivity (Wildman–Crippen MR) is 67.7 cm³/mol. The molecule has 0 saturated carbocycles. The van der Waals surface area contributed by atoms with Crippen molar-refractivity contribution in [1.29, 1.82) is 0 Å². The fourth-order valence-electron chi connectivity index (χ4n) is 1.39. The van der Waals surface area contributed by atoms with Crippen LogP contribution in [0.4, 0.5) is 0 Å². The molecule has 4 nitrogen and oxygen atoms in total. The fraction of sp³-hybridized carbons (Fsp3) is 0.250. The molecule has 5 heteroatoms. The molecule has 0 aliphatic heterocycles. The molecule has 1 aromatic heterocycles. The summed E-state index contributed by atoms with van der Waals surface area (Å²) in [4.78, 5) is 4.17. The van der Waals surface area contributed by atoms with Crippen LogP contribution in [0.15, 0.2) is 39.4 Å². The maximum atomic E-state index is 5.45. The first-order chi connectivity index (χ1) is 8.28. The van der Waals surface area contributed by atoms with E-state index in [1.807, 2.05) is 31.3 Å². The van der Waals surface area contributed by atoms with Gasteiger partial charge in [-0.05, 0) is 24.7 Å². The Kier molecular flexibility index (Phi) is 4.17. The van der Waals surface area contributed by atoms with Crippen LogP contribution in [0.3, 0.4) is 0 Å². The Morgan fingerprint density at radius 1 is 1.47 bits per heavy atom. The van der Waals surface area contributed by atoms with Crippen LogP contribution in [0.25, 0.3) is 0 Å². The third kappa shape index (κ3) is 3.57. The van der Waals surface area contributed by atoms with E-state index in [2.05, 4.69) is 26.2 Å². The lowest BCUT2D eigenvalue weighted by atomic mass is 10.2. The summed E-state index contributed by atoms with van der Waals surface area (Å²) in [6, 6.07) is 7.92. The normalized spacial score (nSPS) is 10.5. The van der Waals surface area contributed by atoms with Crippen molar-refractivity contribution in [1.82, 2.24) is 10.3 Å². The summed E-state index contributed by atoms with van der Waals surface area (Å²) in [5, 5.41) is 2.99. The summed E-state index contributed by atoms with van der Waals surface area (Å²) in [5.74, 6) is 0. The highest BCUT2D eigenvalue weighted by Crippen LogP contribution is 2.15. The van der Waals surface area contributed by atoms with Crippen molar-refractivity contribution in [3.63, 3.8) is 0 Å². The number of nitrogens with zero attached hydrogens (tertiary/aromatic N) is 1. The molecule has 0 bridgehead atoms. The van der Waals surface area contributed by atoms with Crippen LogP contribution in [0, 0.1) is 0 Å². The molecular formula is C12H13BrN2O2. The van der Waals surface area contributed by atoms with E-state index >= 15 is 0 Å². The molecule has 2 aromatic rings. The minimum atomic E-state index is 0.301. The number of benzene rings is 1. The van der Waals surface area contributed by atoms with Crippen molar-refractivity contribution >= 4 is 15.9 Å². The van der Waals surface area contributed by atoms with Gasteiger partial charge in [-0.25, -0.2) is 0 Å². The lowest BCUT2D eigenvalue weighted by Crippen LogP contribution is -2.05. The number of rotatable bonds is 5. The average Bonchev–Trinajstić information content (AvgIpc) is 2.75. The van der Waals surface area contributed by atoms with E-state index in [9.17, 15) is 0 Å². The van der Waals surface area contributed by atoms with E-state index in [4.69, 9.17) is 9.15 Å². The Hall–Kier alpha value is -1.33. The van der Waals surface area contributed by atoms with Gasteiger partial charge in [-0.15, -0.1) is 0 Å². The summed E-state index contributed by atoms with van der Waals surface area (Å²) in [6.07, 6.45) is 1.89. The molecule has 0 aliphatic rings. The van der Waals surface area contributed by atoms with Crippen molar-refractivity contribution < 1.29 is 9.15 Å². The molecular weight excluding hydrogens is 284 g/mol. The molecule has 1 heterocycles. The Bertz CT molecular complexity index is 485. The fourth-order valence-corrected chi connectivity index (χ4v) is 1.84. The number of hydrogen-bond acceptors (Lipinski definition) is 4. The molecule has 0 unspecified atom stereocenters. The summed E-state index contributed by atoms with van der Waals surface area (Å²) in [7, 11) is 1.86. The third-order valence-electron chi connectivity index (χ3n) is 2.14. The van der Waals surface area contributed by atoms with Gasteiger partial charge in [0.2, 0.25) is 0 Å². The van der Waals surface area contributed by atoms with Gasteiger partial charge in [0, 0.05) is 11.0 Å². The highest BCUT2D eigenvalue weighted by molar-refractivity contribution is 9.10. The number of hydrogen-bond donors (Lipinski definition) is 1. The number of oxazole rings is 1. The Labute approximate surface area is 108 Å². The number of aromatic nitrogens is 1. The van der Waals surface area contributed by atoms with Gasteiger partial charge >= 0.3 is 6.08 Å². The van der Waals surface area contributed by atoms with Crippen LogP contribution in [0.1, 0.15) is 11.3 Å². The lowest BCUT2D eigenvalue weighted by Gasteiger charge is -2.01. The molecule has 0 amide bonds. The molecule has 1 N–H and O–H groups in total. The van der Waals surface area contributed by atoms with E-state index < -0.39 is 0 Å². The first-order valence-corrected chi connectivity index (χ1v) is 6.03. The molecule has 0 spiro atoms. The molecule has 90 valence electrons. The van der Waals surface area contributed by atoms with E-state index in [0.717, 1.165) is 15.7 Å². The molecule has 0 saturated heterocycles.